The number of primary amides is 1. The van der Waals surface area contributed by atoms with Crippen LogP contribution in [0, 0.1) is 0 Å². The fourth-order valence-electron chi connectivity index (χ4n) is 5.53. The first-order chi connectivity index (χ1) is 17.2. The van der Waals surface area contributed by atoms with E-state index < -0.39 is 5.91 Å². The van der Waals surface area contributed by atoms with E-state index in [-0.39, 0.29) is 5.82 Å². The van der Waals surface area contributed by atoms with Crippen LogP contribution in [0.5, 0.6) is 0 Å². The second-order valence-corrected chi connectivity index (χ2v) is 9.09. The summed E-state index contributed by atoms with van der Waals surface area (Å²) in [5, 5.41) is 5.24. The van der Waals surface area contributed by atoms with Crippen molar-refractivity contribution in [1.29, 1.82) is 0 Å². The summed E-state index contributed by atoms with van der Waals surface area (Å²) in [6.07, 6.45) is 7.81. The van der Waals surface area contributed by atoms with Gasteiger partial charge < -0.3 is 10.2 Å². The first kappa shape index (κ1) is 19.9. The van der Waals surface area contributed by atoms with Gasteiger partial charge in [-0.05, 0) is 63.9 Å². The lowest BCUT2D eigenvalue weighted by Crippen LogP contribution is -2.16. The molecule has 0 bridgehead atoms. The number of fused-ring (bicyclic) bond motifs is 6. The molecule has 1 atom stereocenters. The Morgan fingerprint density at radius 3 is 2.80 bits per heavy atom. The molecular formula is C28H21N5O2. The van der Waals surface area contributed by atoms with E-state index in [9.17, 15) is 4.79 Å². The molecule has 0 fully saturated rings. The van der Waals surface area contributed by atoms with Crippen molar-refractivity contribution in [3.05, 3.63) is 95.9 Å². The average Bonchev–Trinajstić information content (AvgIpc) is 3.54. The fraction of sp³-hybridized carbons (Fsp3) is 0.143. The number of hydrogen-bond donors (Lipinski definition) is 1. The van der Waals surface area contributed by atoms with Crippen LogP contribution in [-0.2, 0) is 12.8 Å². The third-order valence-corrected chi connectivity index (χ3v) is 7.19. The maximum Gasteiger partial charge on any atom is 0.286 e. The number of benzene rings is 3. The largest absolute Gasteiger partial charge is 0.448 e. The summed E-state index contributed by atoms with van der Waals surface area (Å²) in [5.41, 5.74) is 10.4. The lowest BCUT2D eigenvalue weighted by Gasteiger charge is -2.26. The Hall–Kier alpha value is -4.52. The number of imidazole rings is 1. The van der Waals surface area contributed by atoms with Crippen molar-refractivity contribution in [1.82, 2.24) is 19.5 Å². The quantitative estimate of drug-likeness (QED) is 0.372. The normalized spacial score (nSPS) is 15.6. The summed E-state index contributed by atoms with van der Waals surface area (Å²) < 4.78 is 7.70. The van der Waals surface area contributed by atoms with Gasteiger partial charge in [-0.15, -0.1) is 0 Å². The van der Waals surface area contributed by atoms with E-state index in [1.165, 1.54) is 38.9 Å². The molecule has 3 aromatic carbocycles. The van der Waals surface area contributed by atoms with Crippen molar-refractivity contribution < 1.29 is 9.21 Å². The number of nitrogens with two attached hydrogens (primary N) is 1. The van der Waals surface area contributed by atoms with Gasteiger partial charge in [-0.25, -0.2) is 15.0 Å². The number of furan rings is 1. The monoisotopic (exact) mass is 459 g/mol. The number of aromatic nitrogens is 4. The van der Waals surface area contributed by atoms with Gasteiger partial charge in [-0.2, -0.15) is 0 Å². The minimum atomic E-state index is -0.678. The molecule has 1 aliphatic carbocycles. The number of nitrogens with zero attached hydrogens (tertiary/aromatic N) is 4. The first-order valence-corrected chi connectivity index (χ1v) is 11.7. The van der Waals surface area contributed by atoms with Gasteiger partial charge in [0, 0.05) is 5.56 Å². The van der Waals surface area contributed by atoms with E-state index in [4.69, 9.17) is 10.2 Å². The molecule has 1 unspecified atom stereocenters. The van der Waals surface area contributed by atoms with E-state index in [0.717, 1.165) is 24.8 Å². The lowest BCUT2D eigenvalue weighted by molar-refractivity contribution is 0.0990. The number of aryl methyl sites for hydroxylation is 1. The molecule has 0 saturated heterocycles. The van der Waals surface area contributed by atoms with Crippen LogP contribution in [0.4, 0.5) is 0 Å². The number of carbonyl (C=O) groups is 1. The summed E-state index contributed by atoms with van der Waals surface area (Å²) in [6.45, 7) is 0. The fourth-order valence-corrected chi connectivity index (χ4v) is 5.53. The number of rotatable bonds is 3. The summed E-state index contributed by atoms with van der Waals surface area (Å²) in [4.78, 5) is 24.3. The summed E-state index contributed by atoms with van der Waals surface area (Å²) in [6, 6.07) is 19.6. The van der Waals surface area contributed by atoms with E-state index in [1.54, 1.807) is 17.2 Å². The van der Waals surface area contributed by atoms with Crippen LogP contribution in [0.25, 0.3) is 38.6 Å². The Morgan fingerprint density at radius 1 is 1.00 bits per heavy atom. The van der Waals surface area contributed by atoms with Crippen molar-refractivity contribution >= 4 is 38.6 Å². The Balaban J connectivity index is 1.29. The Bertz CT molecular complexity index is 1780. The van der Waals surface area contributed by atoms with Gasteiger partial charge in [0.2, 0.25) is 11.7 Å². The molecule has 1 aliphatic rings. The van der Waals surface area contributed by atoms with Crippen LogP contribution in [-0.4, -0.2) is 25.4 Å². The lowest BCUT2D eigenvalue weighted by atomic mass is 9.78. The molecular weight excluding hydrogens is 438 g/mol. The molecule has 0 saturated carbocycles. The highest BCUT2D eigenvalue weighted by atomic mass is 16.3. The van der Waals surface area contributed by atoms with Crippen LogP contribution in [0.2, 0.25) is 0 Å². The summed E-state index contributed by atoms with van der Waals surface area (Å²) >= 11 is 0. The number of hydrogen-bond acceptors (Lipinski definition) is 5. The van der Waals surface area contributed by atoms with E-state index in [2.05, 4.69) is 63.5 Å². The molecule has 3 aromatic heterocycles. The zero-order valence-electron chi connectivity index (χ0n) is 18.8. The summed E-state index contributed by atoms with van der Waals surface area (Å²) in [5.74, 6) is 0.243. The average molecular weight is 460 g/mol. The molecule has 7 nitrogen and oxygen atoms in total. The van der Waals surface area contributed by atoms with Gasteiger partial charge in [0.15, 0.2) is 5.65 Å². The molecule has 2 N–H and O–H groups in total. The second kappa shape index (κ2) is 7.50. The molecule has 3 heterocycles. The zero-order chi connectivity index (χ0) is 23.5. The van der Waals surface area contributed by atoms with Gasteiger partial charge in [-0.1, -0.05) is 48.5 Å². The molecule has 7 heteroatoms. The van der Waals surface area contributed by atoms with Crippen molar-refractivity contribution in [3.63, 3.8) is 0 Å². The van der Waals surface area contributed by atoms with E-state index in [1.807, 2.05) is 6.07 Å². The molecule has 170 valence electrons. The van der Waals surface area contributed by atoms with Crippen LogP contribution >= 0.6 is 0 Å². The SMILES string of the molecule is NC(=O)c1ncc2ncn(-c3occc3C3CCc4c(ccc5c4ccc4ccccc45)C3)c2n1. The number of carbonyl (C=O) groups excluding carboxylic acids is 1. The Morgan fingerprint density at radius 2 is 1.89 bits per heavy atom. The van der Waals surface area contributed by atoms with Crippen LogP contribution < -0.4 is 5.73 Å². The minimum absolute atomic E-state index is 0.0432. The van der Waals surface area contributed by atoms with Gasteiger partial charge in [0.1, 0.15) is 11.8 Å². The number of amides is 1. The third kappa shape index (κ3) is 3.05. The first-order valence-electron chi connectivity index (χ1n) is 11.7. The topological polar surface area (TPSA) is 99.8 Å². The van der Waals surface area contributed by atoms with Crippen molar-refractivity contribution in [2.75, 3.05) is 0 Å². The standard InChI is InChI=1S/C28H21N5O2/c29-25(34)26-30-14-24-27(32-26)33(15-31-24)28-21(11-12-35-28)18-6-8-20-17(13-18)7-10-22-19-4-2-1-3-16(19)5-9-23(20)22/h1-5,7,9-12,14-15,18H,6,8,13H2,(H2,29,34). The minimum Gasteiger partial charge on any atom is -0.448 e. The van der Waals surface area contributed by atoms with Gasteiger partial charge in [-0.3, -0.25) is 9.36 Å². The third-order valence-electron chi connectivity index (χ3n) is 7.19. The molecule has 35 heavy (non-hydrogen) atoms. The van der Waals surface area contributed by atoms with E-state index >= 15 is 0 Å². The highest BCUT2D eigenvalue weighted by Gasteiger charge is 2.27. The maximum absolute atomic E-state index is 11.6. The van der Waals surface area contributed by atoms with Crippen molar-refractivity contribution in [2.45, 2.75) is 25.2 Å². The van der Waals surface area contributed by atoms with Gasteiger partial charge >= 0.3 is 0 Å². The van der Waals surface area contributed by atoms with Crippen LogP contribution in [0.15, 0.2) is 77.8 Å². The van der Waals surface area contributed by atoms with Crippen molar-refractivity contribution in [2.24, 2.45) is 5.73 Å². The molecule has 0 spiro atoms. The zero-order valence-corrected chi connectivity index (χ0v) is 18.8. The molecule has 7 rings (SSSR count). The van der Waals surface area contributed by atoms with Crippen LogP contribution in [0.3, 0.4) is 0 Å². The Labute approximate surface area is 200 Å². The van der Waals surface area contributed by atoms with E-state index in [0.29, 0.717) is 23.0 Å². The predicted molar refractivity (Wildman–Crippen MR) is 134 cm³/mol. The maximum atomic E-state index is 11.6. The molecule has 0 radical (unpaired) electrons. The highest BCUT2D eigenvalue weighted by molar-refractivity contribution is 6.08. The second-order valence-electron chi connectivity index (χ2n) is 9.09. The predicted octanol–water partition coefficient (Wildman–Crippen LogP) is 5.09. The summed E-state index contributed by atoms with van der Waals surface area (Å²) in [7, 11) is 0. The van der Waals surface area contributed by atoms with Crippen molar-refractivity contribution in [3.8, 4) is 5.88 Å². The smallest absolute Gasteiger partial charge is 0.286 e. The van der Waals surface area contributed by atoms with Gasteiger partial charge in [0.05, 0.1) is 12.5 Å². The molecule has 1 amide bonds. The Kier molecular flexibility index (Phi) is 4.26. The van der Waals surface area contributed by atoms with Crippen LogP contribution in [0.1, 0.15) is 39.6 Å². The molecule has 0 aliphatic heterocycles. The molecule has 6 aromatic rings. The van der Waals surface area contributed by atoms with Gasteiger partial charge in [0.25, 0.3) is 5.91 Å². The highest BCUT2D eigenvalue weighted by Crippen LogP contribution is 2.40.